The molecule has 0 amide bonds. The molecule has 2 rings (SSSR count). The Labute approximate surface area is 65.4 Å². The summed E-state index contributed by atoms with van der Waals surface area (Å²) in [5, 5.41) is 7.80. The highest BCUT2D eigenvalue weighted by Gasteiger charge is 2.30. The van der Waals surface area contributed by atoms with Crippen LogP contribution < -0.4 is 5.73 Å². The topological polar surface area (TPSA) is 56.7 Å². The predicted octanol–water partition coefficient (Wildman–Crippen LogP) is 0.225. The van der Waals surface area contributed by atoms with E-state index in [1.807, 2.05) is 13.2 Å². The lowest BCUT2D eigenvalue weighted by molar-refractivity contribution is 0.612. The molecule has 11 heavy (non-hydrogen) atoms. The smallest absolute Gasteiger partial charge is 0.0996 e. The van der Waals surface area contributed by atoms with Gasteiger partial charge in [-0.05, 0) is 18.8 Å². The van der Waals surface area contributed by atoms with Gasteiger partial charge < -0.3 is 5.73 Å². The van der Waals surface area contributed by atoms with Crippen molar-refractivity contribution in [3.05, 3.63) is 11.9 Å². The van der Waals surface area contributed by atoms with Crippen molar-refractivity contribution in [3.63, 3.8) is 0 Å². The van der Waals surface area contributed by atoms with Crippen molar-refractivity contribution in [1.29, 1.82) is 0 Å². The van der Waals surface area contributed by atoms with Gasteiger partial charge in [0.05, 0.1) is 11.7 Å². The van der Waals surface area contributed by atoms with E-state index < -0.39 is 0 Å². The van der Waals surface area contributed by atoms with E-state index in [4.69, 9.17) is 5.73 Å². The van der Waals surface area contributed by atoms with Crippen molar-refractivity contribution >= 4 is 0 Å². The van der Waals surface area contributed by atoms with Gasteiger partial charge in [-0.15, -0.1) is 5.10 Å². The minimum Gasteiger partial charge on any atom is -0.322 e. The summed E-state index contributed by atoms with van der Waals surface area (Å²) in [5.41, 5.74) is 6.82. The first-order valence-corrected chi connectivity index (χ1v) is 3.89. The standard InChI is InChI=1S/C7H12N4/c1-11-4-6(9-10-11)7(8)5-2-3-5/h4-5,7H,2-3,8H2,1H3. The first-order chi connectivity index (χ1) is 5.27. The Bertz CT molecular complexity index is 251. The third-order valence-electron chi connectivity index (χ3n) is 2.09. The normalized spacial score (nSPS) is 20.2. The summed E-state index contributed by atoms with van der Waals surface area (Å²) in [6, 6.07) is 0.115. The van der Waals surface area contributed by atoms with Gasteiger partial charge in [-0.2, -0.15) is 0 Å². The van der Waals surface area contributed by atoms with E-state index in [9.17, 15) is 0 Å². The van der Waals surface area contributed by atoms with E-state index in [1.165, 1.54) is 12.8 Å². The number of aryl methyl sites for hydroxylation is 1. The molecular weight excluding hydrogens is 140 g/mol. The van der Waals surface area contributed by atoms with Crippen molar-refractivity contribution in [1.82, 2.24) is 15.0 Å². The van der Waals surface area contributed by atoms with E-state index in [0.717, 1.165) is 5.69 Å². The third-order valence-corrected chi connectivity index (χ3v) is 2.09. The summed E-state index contributed by atoms with van der Waals surface area (Å²) in [7, 11) is 1.86. The second-order valence-corrected chi connectivity index (χ2v) is 3.18. The molecular formula is C7H12N4. The van der Waals surface area contributed by atoms with Crippen LogP contribution in [0.3, 0.4) is 0 Å². The quantitative estimate of drug-likeness (QED) is 0.659. The Balaban J connectivity index is 2.14. The van der Waals surface area contributed by atoms with Crippen molar-refractivity contribution < 1.29 is 0 Å². The molecule has 0 radical (unpaired) electrons. The lowest BCUT2D eigenvalue weighted by atomic mass is 10.1. The SMILES string of the molecule is Cn1cc(C(N)C2CC2)nn1. The molecule has 1 saturated carbocycles. The van der Waals surface area contributed by atoms with E-state index in [0.29, 0.717) is 5.92 Å². The van der Waals surface area contributed by atoms with Crippen LogP contribution in [0.25, 0.3) is 0 Å². The summed E-state index contributed by atoms with van der Waals surface area (Å²) >= 11 is 0. The Kier molecular flexibility index (Phi) is 1.42. The molecule has 1 unspecified atom stereocenters. The van der Waals surface area contributed by atoms with Gasteiger partial charge >= 0.3 is 0 Å². The highest BCUT2D eigenvalue weighted by molar-refractivity contribution is 5.04. The zero-order chi connectivity index (χ0) is 7.84. The molecule has 4 nitrogen and oxygen atoms in total. The van der Waals surface area contributed by atoms with E-state index in [-0.39, 0.29) is 6.04 Å². The average Bonchev–Trinajstić information content (AvgIpc) is 2.74. The summed E-state index contributed by atoms with van der Waals surface area (Å²) in [6.07, 6.45) is 4.39. The number of hydrogen-bond donors (Lipinski definition) is 1. The molecule has 60 valence electrons. The van der Waals surface area contributed by atoms with E-state index in [1.54, 1.807) is 4.68 Å². The Morgan fingerprint density at radius 2 is 2.45 bits per heavy atom. The van der Waals surface area contributed by atoms with E-state index in [2.05, 4.69) is 10.3 Å². The van der Waals surface area contributed by atoms with Crippen LogP contribution in [-0.2, 0) is 7.05 Å². The Hall–Kier alpha value is -0.900. The summed E-state index contributed by atoms with van der Waals surface area (Å²) in [5.74, 6) is 0.659. The van der Waals surface area contributed by atoms with Crippen molar-refractivity contribution in [2.45, 2.75) is 18.9 Å². The third kappa shape index (κ3) is 1.26. The first kappa shape index (κ1) is 6.79. The molecule has 1 aliphatic rings. The maximum atomic E-state index is 5.90. The summed E-state index contributed by atoms with van der Waals surface area (Å²) in [6.45, 7) is 0. The number of hydrogen-bond acceptors (Lipinski definition) is 3. The van der Waals surface area contributed by atoms with Crippen molar-refractivity contribution in [2.24, 2.45) is 18.7 Å². The largest absolute Gasteiger partial charge is 0.322 e. The molecule has 0 aliphatic heterocycles. The Morgan fingerprint density at radius 1 is 1.73 bits per heavy atom. The van der Waals surface area contributed by atoms with Gasteiger partial charge in [-0.1, -0.05) is 5.21 Å². The summed E-state index contributed by atoms with van der Waals surface area (Å²) < 4.78 is 1.69. The van der Waals surface area contributed by atoms with Gasteiger partial charge in [0.15, 0.2) is 0 Å². The Morgan fingerprint density at radius 3 is 2.91 bits per heavy atom. The molecule has 4 heteroatoms. The molecule has 1 atom stereocenters. The molecule has 0 saturated heterocycles. The van der Waals surface area contributed by atoms with E-state index >= 15 is 0 Å². The average molecular weight is 152 g/mol. The van der Waals surface area contributed by atoms with Crippen LogP contribution in [0.1, 0.15) is 24.6 Å². The number of nitrogens with two attached hydrogens (primary N) is 1. The lowest BCUT2D eigenvalue weighted by Gasteiger charge is -2.03. The summed E-state index contributed by atoms with van der Waals surface area (Å²) in [4.78, 5) is 0. The highest BCUT2D eigenvalue weighted by Crippen LogP contribution is 2.38. The van der Waals surface area contributed by atoms with Gasteiger partial charge in [0.2, 0.25) is 0 Å². The van der Waals surface area contributed by atoms with Crippen LogP contribution in [0, 0.1) is 5.92 Å². The maximum Gasteiger partial charge on any atom is 0.0996 e. The minimum atomic E-state index is 0.115. The monoisotopic (exact) mass is 152 g/mol. The van der Waals surface area contributed by atoms with Gasteiger partial charge in [0.1, 0.15) is 0 Å². The predicted molar refractivity (Wildman–Crippen MR) is 40.7 cm³/mol. The van der Waals surface area contributed by atoms with Crippen LogP contribution in [0.5, 0.6) is 0 Å². The highest BCUT2D eigenvalue weighted by atomic mass is 15.4. The van der Waals surface area contributed by atoms with Crippen molar-refractivity contribution in [3.8, 4) is 0 Å². The van der Waals surface area contributed by atoms with Crippen molar-refractivity contribution in [2.75, 3.05) is 0 Å². The first-order valence-electron chi connectivity index (χ1n) is 3.89. The molecule has 1 fully saturated rings. The number of aromatic nitrogens is 3. The van der Waals surface area contributed by atoms with Crippen LogP contribution in [-0.4, -0.2) is 15.0 Å². The zero-order valence-corrected chi connectivity index (χ0v) is 6.57. The van der Waals surface area contributed by atoms with Gasteiger partial charge in [0, 0.05) is 13.2 Å². The van der Waals surface area contributed by atoms with Crippen LogP contribution in [0.2, 0.25) is 0 Å². The van der Waals surface area contributed by atoms with Crippen LogP contribution in [0.15, 0.2) is 6.20 Å². The molecule has 1 aromatic rings. The van der Waals surface area contributed by atoms with Crippen LogP contribution >= 0.6 is 0 Å². The maximum absolute atomic E-state index is 5.90. The molecule has 0 bridgehead atoms. The fourth-order valence-corrected chi connectivity index (χ4v) is 1.21. The number of nitrogens with zero attached hydrogens (tertiary/aromatic N) is 3. The van der Waals surface area contributed by atoms with Gasteiger partial charge in [-0.25, -0.2) is 0 Å². The molecule has 1 heterocycles. The van der Waals surface area contributed by atoms with Gasteiger partial charge in [-0.3, -0.25) is 4.68 Å². The van der Waals surface area contributed by atoms with Crippen LogP contribution in [0.4, 0.5) is 0 Å². The second kappa shape index (κ2) is 2.30. The number of rotatable bonds is 2. The second-order valence-electron chi connectivity index (χ2n) is 3.18. The molecule has 2 N–H and O–H groups in total. The molecule has 1 aliphatic carbocycles. The minimum absolute atomic E-state index is 0.115. The fourth-order valence-electron chi connectivity index (χ4n) is 1.21. The molecule has 1 aromatic heterocycles. The molecule has 0 aromatic carbocycles. The fraction of sp³-hybridized carbons (Fsp3) is 0.714. The molecule has 0 spiro atoms. The lowest BCUT2D eigenvalue weighted by Crippen LogP contribution is -2.12. The zero-order valence-electron chi connectivity index (χ0n) is 6.57. The van der Waals surface area contributed by atoms with Gasteiger partial charge in [0.25, 0.3) is 0 Å².